The van der Waals surface area contributed by atoms with E-state index in [2.05, 4.69) is 18.4 Å². The van der Waals surface area contributed by atoms with Gasteiger partial charge in [0.15, 0.2) is 0 Å². The maximum absolute atomic E-state index is 5.75. The number of rotatable bonds is 5. The van der Waals surface area contributed by atoms with E-state index in [-0.39, 0.29) is 6.04 Å². The lowest BCUT2D eigenvalue weighted by Crippen LogP contribution is -2.29. The molecule has 0 aliphatic carbocycles. The Kier molecular flexibility index (Phi) is 4.24. The van der Waals surface area contributed by atoms with Gasteiger partial charge < -0.3 is 9.15 Å². The van der Waals surface area contributed by atoms with Crippen molar-refractivity contribution in [3.05, 3.63) is 53.0 Å². The van der Waals surface area contributed by atoms with E-state index in [0.717, 1.165) is 34.6 Å². The summed E-state index contributed by atoms with van der Waals surface area (Å²) in [4.78, 5) is 0. The summed E-state index contributed by atoms with van der Waals surface area (Å²) in [5.74, 6) is 7.50. The molecule has 0 bridgehead atoms. The average molecular weight is 260 g/mol. The first-order chi connectivity index (χ1) is 9.21. The molecular formula is C15H20N2O2. The normalized spacial score (nSPS) is 12.4. The molecule has 1 unspecified atom stereocenters. The largest absolute Gasteiger partial charge is 0.496 e. The number of nitrogens with one attached hydrogen (secondary N) is 1. The summed E-state index contributed by atoms with van der Waals surface area (Å²) in [6.07, 6.45) is 2.52. The van der Waals surface area contributed by atoms with E-state index >= 15 is 0 Å². The van der Waals surface area contributed by atoms with Crippen LogP contribution in [0.15, 0.2) is 34.9 Å². The summed E-state index contributed by atoms with van der Waals surface area (Å²) in [6, 6.07) is 7.87. The highest BCUT2D eigenvalue weighted by molar-refractivity contribution is 5.44. The van der Waals surface area contributed by atoms with Crippen LogP contribution < -0.4 is 16.0 Å². The molecule has 0 radical (unpaired) electrons. The van der Waals surface area contributed by atoms with E-state index in [9.17, 15) is 0 Å². The van der Waals surface area contributed by atoms with Crippen molar-refractivity contribution in [3.63, 3.8) is 0 Å². The van der Waals surface area contributed by atoms with Crippen LogP contribution in [0.25, 0.3) is 0 Å². The number of furan rings is 1. The number of benzene rings is 1. The van der Waals surface area contributed by atoms with Crippen LogP contribution in [0.3, 0.4) is 0 Å². The number of ether oxygens (including phenoxy) is 1. The minimum absolute atomic E-state index is 0.136. The molecule has 0 spiro atoms. The number of hydrazine groups is 1. The van der Waals surface area contributed by atoms with Crippen molar-refractivity contribution >= 4 is 0 Å². The van der Waals surface area contributed by atoms with Crippen LogP contribution in [0.1, 0.15) is 35.4 Å². The lowest BCUT2D eigenvalue weighted by atomic mass is 9.96. The number of methoxy groups -OCH3 is 1. The lowest BCUT2D eigenvalue weighted by molar-refractivity contribution is 0.403. The monoisotopic (exact) mass is 260 g/mol. The fourth-order valence-electron chi connectivity index (χ4n) is 2.32. The number of nitrogens with two attached hydrogens (primary N) is 1. The molecule has 1 aromatic carbocycles. The standard InChI is InChI=1S/C15H20N2O2/c1-4-13-11(7-8-19-13)15(17-16)12-9-10(2)5-6-14(12)18-3/h5-9,15,17H,4,16H2,1-3H3. The molecule has 2 rings (SSSR count). The zero-order valence-electron chi connectivity index (χ0n) is 11.6. The smallest absolute Gasteiger partial charge is 0.124 e. The van der Waals surface area contributed by atoms with Gasteiger partial charge in [-0.05, 0) is 19.1 Å². The molecular weight excluding hydrogens is 240 g/mol. The molecule has 19 heavy (non-hydrogen) atoms. The summed E-state index contributed by atoms with van der Waals surface area (Å²) in [5, 5.41) is 0. The third-order valence-corrected chi connectivity index (χ3v) is 3.27. The SMILES string of the molecule is CCc1occc1C(NN)c1cc(C)ccc1OC. The van der Waals surface area contributed by atoms with Gasteiger partial charge in [0.25, 0.3) is 0 Å². The molecule has 0 saturated heterocycles. The summed E-state index contributed by atoms with van der Waals surface area (Å²) in [5.41, 5.74) is 6.09. The third-order valence-electron chi connectivity index (χ3n) is 3.27. The molecule has 1 atom stereocenters. The number of aryl methyl sites for hydroxylation is 2. The van der Waals surface area contributed by atoms with Crippen molar-refractivity contribution in [2.24, 2.45) is 5.84 Å². The summed E-state index contributed by atoms with van der Waals surface area (Å²) in [7, 11) is 1.66. The van der Waals surface area contributed by atoms with Gasteiger partial charge in [0, 0.05) is 17.5 Å². The van der Waals surface area contributed by atoms with Crippen LogP contribution in [0.4, 0.5) is 0 Å². The molecule has 0 fully saturated rings. The van der Waals surface area contributed by atoms with Crippen LogP contribution in [-0.4, -0.2) is 7.11 Å². The summed E-state index contributed by atoms with van der Waals surface area (Å²) < 4.78 is 10.9. The van der Waals surface area contributed by atoms with Crippen LogP contribution in [-0.2, 0) is 6.42 Å². The molecule has 2 aromatic rings. The van der Waals surface area contributed by atoms with Crippen LogP contribution >= 0.6 is 0 Å². The van der Waals surface area contributed by atoms with Crippen LogP contribution in [0, 0.1) is 6.92 Å². The highest BCUT2D eigenvalue weighted by Crippen LogP contribution is 2.32. The predicted molar refractivity (Wildman–Crippen MR) is 75.0 cm³/mol. The van der Waals surface area contributed by atoms with Gasteiger partial charge in [0.1, 0.15) is 11.5 Å². The Morgan fingerprint density at radius 2 is 2.11 bits per heavy atom. The second kappa shape index (κ2) is 5.91. The van der Waals surface area contributed by atoms with Crippen molar-refractivity contribution in [2.75, 3.05) is 7.11 Å². The van der Waals surface area contributed by atoms with Gasteiger partial charge in [-0.1, -0.05) is 24.6 Å². The highest BCUT2D eigenvalue weighted by atomic mass is 16.5. The lowest BCUT2D eigenvalue weighted by Gasteiger charge is -2.19. The van der Waals surface area contributed by atoms with Crippen molar-refractivity contribution in [3.8, 4) is 5.75 Å². The van der Waals surface area contributed by atoms with Gasteiger partial charge in [-0.25, -0.2) is 5.43 Å². The van der Waals surface area contributed by atoms with E-state index in [1.807, 2.05) is 25.1 Å². The molecule has 0 amide bonds. The zero-order chi connectivity index (χ0) is 13.8. The molecule has 0 saturated carbocycles. The van der Waals surface area contributed by atoms with E-state index in [0.29, 0.717) is 0 Å². The van der Waals surface area contributed by atoms with Gasteiger partial charge in [-0.3, -0.25) is 5.84 Å². The zero-order valence-corrected chi connectivity index (χ0v) is 11.6. The first kappa shape index (κ1) is 13.6. The maximum atomic E-state index is 5.75. The molecule has 1 aromatic heterocycles. The Morgan fingerprint density at radius 3 is 2.74 bits per heavy atom. The summed E-state index contributed by atoms with van der Waals surface area (Å²) >= 11 is 0. The van der Waals surface area contributed by atoms with E-state index in [1.54, 1.807) is 13.4 Å². The van der Waals surface area contributed by atoms with E-state index in [1.165, 1.54) is 0 Å². The maximum Gasteiger partial charge on any atom is 0.124 e. The van der Waals surface area contributed by atoms with Crippen molar-refractivity contribution < 1.29 is 9.15 Å². The Bertz CT molecular complexity index is 549. The Morgan fingerprint density at radius 1 is 1.32 bits per heavy atom. The minimum Gasteiger partial charge on any atom is -0.496 e. The van der Waals surface area contributed by atoms with Gasteiger partial charge in [-0.2, -0.15) is 0 Å². The number of hydrogen-bond acceptors (Lipinski definition) is 4. The fourth-order valence-corrected chi connectivity index (χ4v) is 2.32. The van der Waals surface area contributed by atoms with Gasteiger partial charge in [0.2, 0.25) is 0 Å². The van der Waals surface area contributed by atoms with Crippen LogP contribution in [0.5, 0.6) is 5.75 Å². The topological polar surface area (TPSA) is 60.4 Å². The van der Waals surface area contributed by atoms with Gasteiger partial charge >= 0.3 is 0 Å². The van der Waals surface area contributed by atoms with Crippen molar-refractivity contribution in [1.29, 1.82) is 0 Å². The molecule has 102 valence electrons. The van der Waals surface area contributed by atoms with E-state index in [4.69, 9.17) is 15.0 Å². The van der Waals surface area contributed by atoms with Gasteiger partial charge in [0.05, 0.1) is 19.4 Å². The summed E-state index contributed by atoms with van der Waals surface area (Å²) in [6.45, 7) is 4.11. The average Bonchev–Trinajstić information content (AvgIpc) is 2.88. The van der Waals surface area contributed by atoms with Gasteiger partial charge in [-0.15, -0.1) is 0 Å². The Balaban J connectivity index is 2.50. The molecule has 4 heteroatoms. The molecule has 1 heterocycles. The van der Waals surface area contributed by atoms with Crippen molar-refractivity contribution in [2.45, 2.75) is 26.3 Å². The van der Waals surface area contributed by atoms with Crippen molar-refractivity contribution in [1.82, 2.24) is 5.43 Å². The quantitative estimate of drug-likeness (QED) is 0.641. The minimum atomic E-state index is -0.136. The molecule has 3 N–H and O–H groups in total. The highest BCUT2D eigenvalue weighted by Gasteiger charge is 2.21. The molecule has 0 aliphatic heterocycles. The Labute approximate surface area is 113 Å². The number of hydrogen-bond donors (Lipinski definition) is 2. The second-order valence-electron chi connectivity index (χ2n) is 4.50. The van der Waals surface area contributed by atoms with E-state index < -0.39 is 0 Å². The molecule has 4 nitrogen and oxygen atoms in total. The second-order valence-corrected chi connectivity index (χ2v) is 4.50. The third kappa shape index (κ3) is 2.64. The first-order valence-electron chi connectivity index (χ1n) is 6.38. The predicted octanol–water partition coefficient (Wildman–Crippen LogP) is 2.71. The Hall–Kier alpha value is -1.78. The molecule has 0 aliphatic rings. The first-order valence-corrected chi connectivity index (χ1v) is 6.38. The van der Waals surface area contributed by atoms with Crippen LogP contribution in [0.2, 0.25) is 0 Å². The fraction of sp³-hybridized carbons (Fsp3) is 0.333.